The zero-order valence-corrected chi connectivity index (χ0v) is 19.9. The van der Waals surface area contributed by atoms with Crippen LogP contribution in [0.25, 0.3) is 0 Å². The van der Waals surface area contributed by atoms with Crippen molar-refractivity contribution in [2.24, 2.45) is 5.92 Å². The van der Waals surface area contributed by atoms with Gasteiger partial charge in [0.1, 0.15) is 18.2 Å². The molecule has 8 heteroatoms. The predicted octanol–water partition coefficient (Wildman–Crippen LogP) is 4.01. The molecule has 1 aliphatic heterocycles. The van der Waals surface area contributed by atoms with Crippen LogP contribution in [0.3, 0.4) is 0 Å². The third kappa shape index (κ3) is 4.30. The summed E-state index contributed by atoms with van der Waals surface area (Å²) < 4.78 is 6.13. The fourth-order valence-electron chi connectivity index (χ4n) is 4.80. The summed E-state index contributed by atoms with van der Waals surface area (Å²) in [5.74, 6) is 0.629. The number of carbonyl (C=O) groups excluding carboxylic acids is 1. The van der Waals surface area contributed by atoms with Crippen molar-refractivity contribution in [3.05, 3.63) is 68.6 Å². The Morgan fingerprint density at radius 3 is 2.91 bits per heavy atom. The molecule has 0 radical (unpaired) electrons. The number of rotatable bonds is 5. The van der Waals surface area contributed by atoms with Gasteiger partial charge in [0.2, 0.25) is 5.78 Å². The summed E-state index contributed by atoms with van der Waals surface area (Å²) in [4.78, 5) is 28.4. The lowest BCUT2D eigenvalue weighted by atomic mass is 9.97. The first kappa shape index (κ1) is 22.1. The molecule has 1 aliphatic carbocycles. The second-order valence-electron chi connectivity index (χ2n) is 9.09. The Morgan fingerprint density at radius 2 is 2.12 bits per heavy atom. The van der Waals surface area contributed by atoms with Crippen LogP contribution in [0.4, 0.5) is 5.82 Å². The van der Waals surface area contributed by atoms with E-state index >= 15 is 0 Å². The fourth-order valence-corrected chi connectivity index (χ4v) is 5.80. The molecule has 0 bridgehead atoms. The third-order valence-corrected chi connectivity index (χ3v) is 7.72. The second kappa shape index (κ2) is 8.93. The first-order valence-corrected chi connectivity index (χ1v) is 12.2. The molecule has 0 amide bonds. The molecule has 5 rings (SSSR count). The molecule has 33 heavy (non-hydrogen) atoms. The number of ketones is 1. The molecular weight excluding hydrogens is 436 g/mol. The van der Waals surface area contributed by atoms with Crippen molar-refractivity contribution in [2.75, 3.05) is 11.9 Å². The maximum absolute atomic E-state index is 13.5. The third-order valence-electron chi connectivity index (χ3n) is 6.66. The second-order valence-corrected chi connectivity index (χ2v) is 10.3. The van der Waals surface area contributed by atoms with Crippen molar-refractivity contribution < 1.29 is 14.6 Å². The summed E-state index contributed by atoms with van der Waals surface area (Å²) in [6, 6.07) is 6.18. The van der Waals surface area contributed by atoms with Crippen molar-refractivity contribution >= 4 is 22.9 Å². The minimum Gasteiger partial charge on any atom is -0.393 e. The van der Waals surface area contributed by atoms with Crippen molar-refractivity contribution in [1.82, 2.24) is 15.0 Å². The van der Waals surface area contributed by atoms with Gasteiger partial charge in [0, 0.05) is 28.4 Å². The molecule has 4 heterocycles. The van der Waals surface area contributed by atoms with E-state index in [0.29, 0.717) is 29.3 Å². The number of aryl methyl sites for hydroxylation is 2. The van der Waals surface area contributed by atoms with Gasteiger partial charge in [-0.3, -0.25) is 9.78 Å². The lowest BCUT2D eigenvalue weighted by molar-refractivity contribution is 0.0662. The van der Waals surface area contributed by atoms with Crippen LogP contribution in [0.1, 0.15) is 68.5 Å². The number of aliphatic hydroxyl groups is 1. The van der Waals surface area contributed by atoms with E-state index < -0.39 is 0 Å². The van der Waals surface area contributed by atoms with Crippen LogP contribution in [0.2, 0.25) is 0 Å². The molecule has 2 N–H and O–H groups in total. The Hall–Kier alpha value is -2.68. The summed E-state index contributed by atoms with van der Waals surface area (Å²) >= 11 is 1.46. The molecule has 3 aromatic rings. The maximum atomic E-state index is 13.5. The lowest BCUT2D eigenvalue weighted by Crippen LogP contribution is -2.20. The van der Waals surface area contributed by atoms with Gasteiger partial charge in [-0.25, -0.2) is 9.97 Å². The van der Waals surface area contributed by atoms with Crippen LogP contribution >= 0.6 is 11.3 Å². The van der Waals surface area contributed by atoms with Crippen LogP contribution < -0.4 is 5.32 Å². The highest BCUT2D eigenvalue weighted by Crippen LogP contribution is 2.38. The lowest BCUT2D eigenvalue weighted by Gasteiger charge is -2.25. The number of fused-ring (bicyclic) bond motifs is 1. The normalized spacial score (nSPS) is 24.5. The van der Waals surface area contributed by atoms with Crippen molar-refractivity contribution in [2.45, 2.75) is 58.3 Å². The van der Waals surface area contributed by atoms with Crippen LogP contribution in [-0.4, -0.2) is 44.6 Å². The highest BCUT2D eigenvalue weighted by Gasteiger charge is 2.32. The van der Waals surface area contributed by atoms with Gasteiger partial charge >= 0.3 is 0 Å². The van der Waals surface area contributed by atoms with Gasteiger partial charge in [-0.05, 0) is 56.7 Å². The number of nitrogens with zero attached hydrogens (tertiary/aromatic N) is 3. The molecule has 2 aliphatic rings. The average Bonchev–Trinajstić information content (AvgIpc) is 3.34. The number of hydrogen-bond donors (Lipinski definition) is 2. The Balaban J connectivity index is 1.43. The monoisotopic (exact) mass is 464 g/mol. The SMILES string of the molecule is Cc1ccc2c(n1)[C@H](c1cc(C(=O)c3cncnc3N[C@@H]3C[C@@H](C)[C@@H](O)C3)sc1C)OCC2. The number of aromatic nitrogens is 3. The number of ether oxygens (including phenoxy) is 1. The average molecular weight is 465 g/mol. The molecule has 0 aromatic carbocycles. The summed E-state index contributed by atoms with van der Waals surface area (Å²) in [5, 5.41) is 13.5. The van der Waals surface area contributed by atoms with E-state index in [2.05, 4.69) is 21.4 Å². The zero-order chi connectivity index (χ0) is 23.1. The van der Waals surface area contributed by atoms with Gasteiger partial charge in [0.05, 0.1) is 28.8 Å². The number of nitrogens with one attached hydrogen (secondary N) is 1. The quantitative estimate of drug-likeness (QED) is 0.551. The molecule has 0 spiro atoms. The maximum Gasteiger partial charge on any atom is 0.208 e. The summed E-state index contributed by atoms with van der Waals surface area (Å²) in [6.45, 7) is 6.67. The summed E-state index contributed by atoms with van der Waals surface area (Å²) in [7, 11) is 0. The molecular formula is C25H28N4O3S. The Kier molecular flexibility index (Phi) is 5.99. The number of carbonyl (C=O) groups is 1. The first-order chi connectivity index (χ1) is 15.9. The molecule has 7 nitrogen and oxygen atoms in total. The smallest absolute Gasteiger partial charge is 0.208 e. The van der Waals surface area contributed by atoms with Gasteiger partial charge < -0.3 is 15.2 Å². The minimum atomic E-state index is -0.332. The molecule has 172 valence electrons. The number of hydrogen-bond acceptors (Lipinski definition) is 8. The highest BCUT2D eigenvalue weighted by atomic mass is 32.1. The zero-order valence-electron chi connectivity index (χ0n) is 19.0. The Labute approximate surface area is 197 Å². The van der Waals surface area contributed by atoms with Crippen molar-refractivity contribution in [3.63, 3.8) is 0 Å². The number of pyridine rings is 1. The van der Waals surface area contributed by atoms with E-state index in [1.807, 2.05) is 32.9 Å². The largest absolute Gasteiger partial charge is 0.393 e. The highest BCUT2D eigenvalue weighted by molar-refractivity contribution is 7.14. The van der Waals surface area contributed by atoms with E-state index in [1.165, 1.54) is 23.2 Å². The molecule has 0 unspecified atom stereocenters. The van der Waals surface area contributed by atoms with Gasteiger partial charge in [0.25, 0.3) is 0 Å². The predicted molar refractivity (Wildman–Crippen MR) is 127 cm³/mol. The summed E-state index contributed by atoms with van der Waals surface area (Å²) in [5.41, 5.74) is 4.53. The van der Waals surface area contributed by atoms with E-state index in [4.69, 9.17) is 9.72 Å². The van der Waals surface area contributed by atoms with Crippen molar-refractivity contribution in [3.8, 4) is 0 Å². The number of anilines is 1. The van der Waals surface area contributed by atoms with Gasteiger partial charge in [-0.2, -0.15) is 0 Å². The Bertz CT molecular complexity index is 1180. The van der Waals surface area contributed by atoms with Crippen LogP contribution in [0.15, 0.2) is 30.7 Å². The molecule has 0 saturated heterocycles. The minimum absolute atomic E-state index is 0.0820. The molecule has 1 saturated carbocycles. The van der Waals surface area contributed by atoms with Gasteiger partial charge in [-0.1, -0.05) is 13.0 Å². The van der Waals surface area contributed by atoms with Crippen LogP contribution in [0, 0.1) is 19.8 Å². The van der Waals surface area contributed by atoms with E-state index in [-0.39, 0.29) is 30.0 Å². The number of aliphatic hydroxyl groups excluding tert-OH is 1. The van der Waals surface area contributed by atoms with E-state index in [1.54, 1.807) is 6.20 Å². The van der Waals surface area contributed by atoms with E-state index in [9.17, 15) is 9.90 Å². The summed E-state index contributed by atoms with van der Waals surface area (Å²) in [6.07, 6.45) is 4.74. The van der Waals surface area contributed by atoms with E-state index in [0.717, 1.165) is 34.7 Å². The Morgan fingerprint density at radius 1 is 1.27 bits per heavy atom. The van der Waals surface area contributed by atoms with Crippen LogP contribution in [-0.2, 0) is 11.2 Å². The fraction of sp³-hybridized carbons (Fsp3) is 0.440. The van der Waals surface area contributed by atoms with Crippen LogP contribution in [0.5, 0.6) is 0 Å². The van der Waals surface area contributed by atoms with Crippen molar-refractivity contribution in [1.29, 1.82) is 0 Å². The number of thiophene rings is 1. The first-order valence-electron chi connectivity index (χ1n) is 11.4. The molecule has 3 aromatic heterocycles. The molecule has 4 atom stereocenters. The van der Waals surface area contributed by atoms with Gasteiger partial charge in [0.15, 0.2) is 0 Å². The topological polar surface area (TPSA) is 97.2 Å². The standard InChI is InChI=1S/C25H28N4O3S/c1-13-8-17(9-20(13)30)29-25-19(11-26-12-27-25)23(31)21-10-18(15(3)33-21)24-22-16(6-7-32-24)5-4-14(2)28-22/h4-5,10-13,17,20,24,30H,6-9H2,1-3H3,(H,26,27,29)/t13-,17-,20+,24+/m1/s1. The molecule has 1 fully saturated rings. The van der Waals surface area contributed by atoms with Gasteiger partial charge in [-0.15, -0.1) is 11.3 Å².